The molecule has 3 aliphatic heterocycles. The molecule has 5 N–H and O–H groups in total. The van der Waals surface area contributed by atoms with Crippen molar-refractivity contribution in [2.45, 2.75) is 38.1 Å². The number of aliphatic hydroxyl groups excluding tert-OH is 1. The van der Waals surface area contributed by atoms with E-state index in [1.807, 2.05) is 23.2 Å². The molecule has 1 aromatic heterocycles. The Morgan fingerprint density at radius 2 is 1.88 bits per heavy atom. The maximum absolute atomic E-state index is 12.7. The number of amidine groups is 1. The number of carbonyl (C=O) groups is 3. The number of carbonyl (C=O) groups excluding carboxylic acids is 3. The normalized spacial score (nSPS) is 21.5. The average molecular weight is 553 g/mol. The number of pyridine rings is 1. The molecule has 0 spiro atoms. The van der Waals surface area contributed by atoms with Gasteiger partial charge in [-0.3, -0.25) is 35.0 Å². The highest BCUT2D eigenvalue weighted by atomic mass is 16.2. The van der Waals surface area contributed by atoms with E-state index < -0.39 is 11.9 Å². The third-order valence-corrected chi connectivity index (χ3v) is 8.00. The standard InChI is InChI=1S/C28H40N8O4/c1-33(24-5-7-26(38)32-28(24)40)27(39)16-22-3-4-23(17-31-22)35-14-12-34(13-15-35)18-20-8-10-36(11-9-20)25(30)6-2-21(29)19-37/h2-4,6,17,19-20,24,30,37H,5,7-16,18,29H2,1H3,(H,32,38,40). The van der Waals surface area contributed by atoms with Gasteiger partial charge in [-0.2, -0.15) is 0 Å². The summed E-state index contributed by atoms with van der Waals surface area (Å²) in [5.41, 5.74) is 7.47. The van der Waals surface area contributed by atoms with Gasteiger partial charge in [-0.05, 0) is 49.5 Å². The summed E-state index contributed by atoms with van der Waals surface area (Å²) in [5.74, 6) is 0.103. The van der Waals surface area contributed by atoms with Crippen LogP contribution in [0.5, 0.6) is 0 Å². The largest absolute Gasteiger partial charge is 0.513 e. The van der Waals surface area contributed by atoms with Gasteiger partial charge >= 0.3 is 0 Å². The Hall–Kier alpha value is -3.93. The van der Waals surface area contributed by atoms with Crippen LogP contribution in [0.25, 0.3) is 0 Å². The van der Waals surface area contributed by atoms with Crippen LogP contribution in [0.4, 0.5) is 5.69 Å². The Kier molecular flexibility index (Phi) is 9.75. The van der Waals surface area contributed by atoms with E-state index in [9.17, 15) is 14.4 Å². The number of piperidine rings is 2. The van der Waals surface area contributed by atoms with Gasteiger partial charge in [0.15, 0.2) is 0 Å². The molecule has 3 aliphatic rings. The van der Waals surface area contributed by atoms with Crippen molar-refractivity contribution < 1.29 is 19.5 Å². The number of imide groups is 1. The lowest BCUT2D eigenvalue weighted by Crippen LogP contribution is -2.53. The van der Waals surface area contributed by atoms with Crippen LogP contribution in [0.3, 0.4) is 0 Å². The summed E-state index contributed by atoms with van der Waals surface area (Å²) in [4.78, 5) is 49.0. The number of aromatic nitrogens is 1. The zero-order chi connectivity index (χ0) is 28.6. The SMILES string of the molecule is CN(C(=O)Cc1ccc(N2CCN(CC3CCN(C(=N)C=CC(N)=CO)CC3)CC2)cn1)C1CCC(=O)NC1=O. The van der Waals surface area contributed by atoms with Crippen molar-refractivity contribution in [3.63, 3.8) is 0 Å². The van der Waals surface area contributed by atoms with Gasteiger partial charge < -0.3 is 25.5 Å². The number of aliphatic hydroxyl groups is 1. The van der Waals surface area contributed by atoms with Crippen LogP contribution >= 0.6 is 0 Å². The van der Waals surface area contributed by atoms with E-state index in [-0.39, 0.29) is 30.4 Å². The number of rotatable bonds is 8. The summed E-state index contributed by atoms with van der Waals surface area (Å²) in [5, 5.41) is 19.4. The van der Waals surface area contributed by atoms with Crippen molar-refractivity contribution in [1.29, 1.82) is 5.41 Å². The molecule has 12 nitrogen and oxygen atoms in total. The zero-order valence-electron chi connectivity index (χ0n) is 23.1. The van der Waals surface area contributed by atoms with Crippen LogP contribution in [0.15, 0.2) is 42.4 Å². The minimum absolute atomic E-state index is 0.102. The minimum atomic E-state index is -0.626. The van der Waals surface area contributed by atoms with E-state index in [2.05, 4.69) is 20.1 Å². The minimum Gasteiger partial charge on any atom is -0.513 e. The number of nitrogens with two attached hydrogens (primary N) is 1. The van der Waals surface area contributed by atoms with E-state index in [0.29, 0.717) is 23.9 Å². The molecule has 4 rings (SSSR count). The Balaban J connectivity index is 1.18. The van der Waals surface area contributed by atoms with Crippen molar-refractivity contribution >= 4 is 29.2 Å². The first-order valence-corrected chi connectivity index (χ1v) is 13.9. The molecule has 3 fully saturated rings. The van der Waals surface area contributed by atoms with Gasteiger partial charge in [0, 0.05) is 65.0 Å². The summed E-state index contributed by atoms with van der Waals surface area (Å²) >= 11 is 0. The molecule has 0 aliphatic carbocycles. The van der Waals surface area contributed by atoms with Crippen LogP contribution in [-0.2, 0) is 20.8 Å². The molecule has 12 heteroatoms. The Labute approximate surface area is 235 Å². The average Bonchev–Trinajstić information content (AvgIpc) is 2.96. The topological polar surface area (TPSA) is 159 Å². The molecular weight excluding hydrogens is 512 g/mol. The lowest BCUT2D eigenvalue weighted by Gasteiger charge is -2.39. The predicted molar refractivity (Wildman–Crippen MR) is 152 cm³/mol. The third-order valence-electron chi connectivity index (χ3n) is 8.00. The maximum atomic E-state index is 12.7. The van der Waals surface area contributed by atoms with E-state index in [1.54, 1.807) is 19.2 Å². The number of likely N-dealkylation sites (tertiary alicyclic amines) is 1. The van der Waals surface area contributed by atoms with Crippen LogP contribution in [0.1, 0.15) is 31.4 Å². The number of nitrogens with zero attached hydrogens (tertiary/aromatic N) is 5. The molecule has 40 heavy (non-hydrogen) atoms. The number of piperazine rings is 1. The predicted octanol–water partition coefficient (Wildman–Crippen LogP) is 0.613. The van der Waals surface area contributed by atoms with Crippen LogP contribution in [0.2, 0.25) is 0 Å². The smallest absolute Gasteiger partial charge is 0.249 e. The Bertz CT molecular complexity index is 1140. The number of hydrogen-bond donors (Lipinski definition) is 4. The molecule has 0 bridgehead atoms. The van der Waals surface area contributed by atoms with Gasteiger partial charge in [0.25, 0.3) is 0 Å². The first-order chi connectivity index (χ1) is 19.2. The van der Waals surface area contributed by atoms with Crippen molar-refractivity contribution in [3.8, 4) is 0 Å². The highest BCUT2D eigenvalue weighted by molar-refractivity contribution is 6.01. The van der Waals surface area contributed by atoms with E-state index in [4.69, 9.17) is 16.2 Å². The molecule has 0 radical (unpaired) electrons. The first kappa shape index (κ1) is 29.1. The molecular formula is C28H40N8O4. The molecule has 1 unspecified atom stereocenters. The highest BCUT2D eigenvalue weighted by Crippen LogP contribution is 2.22. The molecule has 0 aromatic carbocycles. The second-order valence-corrected chi connectivity index (χ2v) is 10.7. The maximum Gasteiger partial charge on any atom is 0.249 e. The number of allylic oxidation sites excluding steroid dienone is 1. The molecule has 1 atom stereocenters. The number of amides is 3. The van der Waals surface area contributed by atoms with Gasteiger partial charge in [-0.1, -0.05) is 0 Å². The number of hydrogen-bond acceptors (Lipinski definition) is 9. The van der Waals surface area contributed by atoms with Crippen LogP contribution in [0, 0.1) is 11.3 Å². The van der Waals surface area contributed by atoms with Crippen LogP contribution < -0.4 is 16.0 Å². The van der Waals surface area contributed by atoms with Crippen molar-refractivity contribution in [2.24, 2.45) is 11.7 Å². The van der Waals surface area contributed by atoms with Gasteiger partial charge in [-0.15, -0.1) is 0 Å². The molecule has 0 saturated carbocycles. The number of anilines is 1. The Morgan fingerprint density at radius 1 is 1.15 bits per heavy atom. The van der Waals surface area contributed by atoms with E-state index >= 15 is 0 Å². The second kappa shape index (κ2) is 13.4. The lowest BCUT2D eigenvalue weighted by atomic mass is 9.95. The third kappa shape index (κ3) is 7.59. The monoisotopic (exact) mass is 552 g/mol. The summed E-state index contributed by atoms with van der Waals surface area (Å²) in [6.07, 6.45) is 8.58. The quantitative estimate of drug-likeness (QED) is 0.119. The summed E-state index contributed by atoms with van der Waals surface area (Å²) in [7, 11) is 1.59. The number of nitrogens with one attached hydrogen (secondary N) is 2. The molecule has 1 aromatic rings. The second-order valence-electron chi connectivity index (χ2n) is 10.7. The molecule has 3 saturated heterocycles. The van der Waals surface area contributed by atoms with Crippen molar-refractivity contribution in [3.05, 3.63) is 48.1 Å². The number of likely N-dealkylation sites (N-methyl/N-ethyl adjacent to an activating group) is 1. The summed E-state index contributed by atoms with van der Waals surface area (Å²) < 4.78 is 0. The molecule has 216 valence electrons. The molecule has 4 heterocycles. The molecule has 3 amide bonds. The first-order valence-electron chi connectivity index (χ1n) is 13.9. The fourth-order valence-electron chi connectivity index (χ4n) is 5.45. The van der Waals surface area contributed by atoms with Gasteiger partial charge in [-0.25, -0.2) is 0 Å². The summed E-state index contributed by atoms with van der Waals surface area (Å²) in [6, 6.07) is 3.24. The van der Waals surface area contributed by atoms with E-state index in [1.165, 1.54) is 4.90 Å². The zero-order valence-corrected chi connectivity index (χ0v) is 23.1. The Morgan fingerprint density at radius 3 is 2.50 bits per heavy atom. The fourth-order valence-corrected chi connectivity index (χ4v) is 5.45. The summed E-state index contributed by atoms with van der Waals surface area (Å²) in [6.45, 7) is 6.52. The lowest BCUT2D eigenvalue weighted by molar-refractivity contribution is -0.144. The van der Waals surface area contributed by atoms with Crippen molar-refractivity contribution in [1.82, 2.24) is 25.0 Å². The van der Waals surface area contributed by atoms with Crippen molar-refractivity contribution in [2.75, 3.05) is 57.8 Å². The fraction of sp³-hybridized carbons (Fsp3) is 0.536. The van der Waals surface area contributed by atoms with Crippen LogP contribution in [-0.4, -0.2) is 107 Å². The highest BCUT2D eigenvalue weighted by Gasteiger charge is 2.32. The van der Waals surface area contributed by atoms with Gasteiger partial charge in [0.2, 0.25) is 17.7 Å². The van der Waals surface area contributed by atoms with E-state index in [0.717, 1.165) is 70.6 Å². The van der Waals surface area contributed by atoms with Gasteiger partial charge in [0.1, 0.15) is 18.1 Å². The van der Waals surface area contributed by atoms with Gasteiger partial charge in [0.05, 0.1) is 24.0 Å².